The molecule has 2 N–H and O–H groups in total. The molecule has 0 heterocycles. The van der Waals surface area contributed by atoms with Gasteiger partial charge in [-0.15, -0.1) is 0 Å². The summed E-state index contributed by atoms with van der Waals surface area (Å²) < 4.78 is 6.40. The minimum atomic E-state index is 0.0419. The van der Waals surface area contributed by atoms with Gasteiger partial charge in [-0.25, -0.2) is 0 Å². The SMILES string of the molecule is NC12CC3CC(C1)CC(Oc1ccccc1)(C3)C2. The third kappa shape index (κ3) is 1.66. The Kier molecular flexibility index (Phi) is 2.12. The lowest BCUT2D eigenvalue weighted by atomic mass is 9.51. The van der Waals surface area contributed by atoms with E-state index in [9.17, 15) is 0 Å². The molecule has 1 aromatic carbocycles. The van der Waals surface area contributed by atoms with Crippen molar-refractivity contribution in [3.8, 4) is 5.75 Å². The molecule has 2 heteroatoms. The number of hydrogen-bond acceptors (Lipinski definition) is 2. The zero-order valence-electron chi connectivity index (χ0n) is 10.8. The van der Waals surface area contributed by atoms with Gasteiger partial charge in [-0.1, -0.05) is 18.2 Å². The van der Waals surface area contributed by atoms with Gasteiger partial charge in [0.15, 0.2) is 0 Å². The molecule has 18 heavy (non-hydrogen) atoms. The van der Waals surface area contributed by atoms with E-state index in [2.05, 4.69) is 12.1 Å². The molecule has 0 spiro atoms. The van der Waals surface area contributed by atoms with Gasteiger partial charge in [-0.05, 0) is 56.1 Å². The van der Waals surface area contributed by atoms with Crippen LogP contribution in [0.5, 0.6) is 5.75 Å². The van der Waals surface area contributed by atoms with Gasteiger partial charge in [0.1, 0.15) is 11.4 Å². The smallest absolute Gasteiger partial charge is 0.120 e. The molecular formula is C16H21NO. The van der Waals surface area contributed by atoms with Crippen LogP contribution in [0.25, 0.3) is 0 Å². The van der Waals surface area contributed by atoms with Crippen molar-refractivity contribution in [1.82, 2.24) is 0 Å². The third-order valence-electron chi connectivity index (χ3n) is 5.13. The number of hydrogen-bond donors (Lipinski definition) is 1. The first-order valence-corrected chi connectivity index (χ1v) is 7.18. The molecule has 4 fully saturated rings. The minimum absolute atomic E-state index is 0.0419. The van der Waals surface area contributed by atoms with Crippen LogP contribution in [0.4, 0.5) is 0 Å². The van der Waals surface area contributed by atoms with Gasteiger partial charge < -0.3 is 10.5 Å². The molecule has 0 saturated heterocycles. The van der Waals surface area contributed by atoms with E-state index in [0.29, 0.717) is 0 Å². The average molecular weight is 243 g/mol. The monoisotopic (exact) mass is 243 g/mol. The summed E-state index contributed by atoms with van der Waals surface area (Å²) in [6, 6.07) is 10.3. The summed E-state index contributed by atoms with van der Waals surface area (Å²) in [6.07, 6.45) is 7.34. The van der Waals surface area contributed by atoms with Crippen LogP contribution in [0.1, 0.15) is 38.5 Å². The third-order valence-corrected chi connectivity index (χ3v) is 5.13. The molecule has 4 aliphatic rings. The molecule has 4 saturated carbocycles. The molecule has 1 aromatic rings. The topological polar surface area (TPSA) is 35.2 Å². The van der Waals surface area contributed by atoms with E-state index in [1.807, 2.05) is 18.2 Å². The van der Waals surface area contributed by atoms with Crippen molar-refractivity contribution >= 4 is 0 Å². The van der Waals surface area contributed by atoms with Crippen molar-refractivity contribution in [2.24, 2.45) is 17.6 Å². The molecule has 0 amide bonds. The number of para-hydroxylation sites is 1. The van der Waals surface area contributed by atoms with Crippen LogP contribution in [-0.4, -0.2) is 11.1 Å². The Balaban J connectivity index is 1.64. The van der Waals surface area contributed by atoms with Gasteiger partial charge in [-0.2, -0.15) is 0 Å². The molecule has 2 atom stereocenters. The second kappa shape index (κ2) is 3.51. The molecule has 2 unspecified atom stereocenters. The second-order valence-corrected chi connectivity index (χ2v) is 6.92. The summed E-state index contributed by atoms with van der Waals surface area (Å²) in [5.41, 5.74) is 6.69. The maximum Gasteiger partial charge on any atom is 0.120 e. The average Bonchev–Trinajstić information content (AvgIpc) is 2.25. The molecule has 96 valence electrons. The van der Waals surface area contributed by atoms with Crippen molar-refractivity contribution in [1.29, 1.82) is 0 Å². The number of ether oxygens (including phenoxy) is 1. The Morgan fingerprint density at radius 1 is 1.00 bits per heavy atom. The lowest BCUT2D eigenvalue weighted by molar-refractivity contribution is -0.117. The first-order chi connectivity index (χ1) is 8.65. The van der Waals surface area contributed by atoms with Gasteiger partial charge in [0.2, 0.25) is 0 Å². The second-order valence-electron chi connectivity index (χ2n) is 6.92. The fourth-order valence-corrected chi connectivity index (χ4v) is 5.11. The number of benzene rings is 1. The highest BCUT2D eigenvalue weighted by Crippen LogP contribution is 2.57. The highest BCUT2D eigenvalue weighted by molar-refractivity contribution is 5.24. The van der Waals surface area contributed by atoms with Crippen molar-refractivity contribution < 1.29 is 4.74 Å². The maximum absolute atomic E-state index is 6.58. The Morgan fingerprint density at radius 2 is 1.67 bits per heavy atom. The summed E-state index contributed by atoms with van der Waals surface area (Å²) in [7, 11) is 0. The first-order valence-electron chi connectivity index (χ1n) is 7.18. The zero-order valence-corrected chi connectivity index (χ0v) is 10.8. The Hall–Kier alpha value is -1.02. The molecule has 4 aliphatic carbocycles. The molecule has 2 nitrogen and oxygen atoms in total. The number of nitrogens with two attached hydrogens (primary N) is 1. The molecule has 0 aromatic heterocycles. The van der Waals surface area contributed by atoms with Crippen molar-refractivity contribution in [3.05, 3.63) is 30.3 Å². The minimum Gasteiger partial charge on any atom is -0.487 e. The Morgan fingerprint density at radius 3 is 2.28 bits per heavy atom. The van der Waals surface area contributed by atoms with Gasteiger partial charge in [0, 0.05) is 12.0 Å². The van der Waals surface area contributed by atoms with Gasteiger partial charge >= 0.3 is 0 Å². The van der Waals surface area contributed by atoms with Crippen molar-refractivity contribution in [2.75, 3.05) is 0 Å². The zero-order chi connectivity index (χ0) is 12.2. The highest BCUT2D eigenvalue weighted by atomic mass is 16.5. The maximum atomic E-state index is 6.58. The van der Waals surface area contributed by atoms with E-state index in [0.717, 1.165) is 24.0 Å². The van der Waals surface area contributed by atoms with E-state index in [1.54, 1.807) is 0 Å². The van der Waals surface area contributed by atoms with E-state index in [-0.39, 0.29) is 11.1 Å². The van der Waals surface area contributed by atoms with Gasteiger partial charge in [0.25, 0.3) is 0 Å². The van der Waals surface area contributed by atoms with Crippen LogP contribution in [0.3, 0.4) is 0 Å². The fourth-order valence-electron chi connectivity index (χ4n) is 5.11. The summed E-state index contributed by atoms with van der Waals surface area (Å²) in [5.74, 6) is 2.63. The van der Waals surface area contributed by atoms with E-state index in [1.165, 1.54) is 32.1 Å². The normalized spacial score (nSPS) is 45.2. The number of rotatable bonds is 2. The van der Waals surface area contributed by atoms with Crippen LogP contribution in [0.15, 0.2) is 30.3 Å². The molecule has 4 bridgehead atoms. The van der Waals surface area contributed by atoms with E-state index >= 15 is 0 Å². The lowest BCUT2D eigenvalue weighted by Gasteiger charge is -2.60. The molecule has 5 rings (SSSR count). The van der Waals surface area contributed by atoms with Crippen molar-refractivity contribution in [2.45, 2.75) is 49.7 Å². The van der Waals surface area contributed by atoms with Gasteiger partial charge in [0.05, 0.1) is 0 Å². The van der Waals surface area contributed by atoms with E-state index < -0.39 is 0 Å². The highest BCUT2D eigenvalue weighted by Gasteiger charge is 2.57. The predicted octanol–water partition coefficient (Wildman–Crippen LogP) is 3.12. The molecule has 0 radical (unpaired) electrons. The van der Waals surface area contributed by atoms with Crippen LogP contribution in [0.2, 0.25) is 0 Å². The fraction of sp³-hybridized carbons (Fsp3) is 0.625. The van der Waals surface area contributed by atoms with Crippen LogP contribution < -0.4 is 10.5 Å². The van der Waals surface area contributed by atoms with E-state index in [4.69, 9.17) is 10.5 Å². The van der Waals surface area contributed by atoms with Gasteiger partial charge in [-0.3, -0.25) is 0 Å². The summed E-state index contributed by atoms with van der Waals surface area (Å²) in [5, 5.41) is 0. The standard InChI is InChI=1S/C16H21NO/c17-15-7-12-6-13(8-15)10-16(9-12,11-15)18-14-4-2-1-3-5-14/h1-5,12-13H,6-11,17H2. The molecular weight excluding hydrogens is 222 g/mol. The predicted molar refractivity (Wildman–Crippen MR) is 71.4 cm³/mol. The lowest BCUT2D eigenvalue weighted by Crippen LogP contribution is -2.64. The van der Waals surface area contributed by atoms with Crippen molar-refractivity contribution in [3.63, 3.8) is 0 Å². The Bertz CT molecular complexity index is 441. The summed E-state index contributed by atoms with van der Waals surface area (Å²) >= 11 is 0. The van der Waals surface area contributed by atoms with Crippen LogP contribution in [-0.2, 0) is 0 Å². The molecule has 0 aliphatic heterocycles. The summed E-state index contributed by atoms with van der Waals surface area (Å²) in [6.45, 7) is 0. The quantitative estimate of drug-likeness (QED) is 0.866. The van der Waals surface area contributed by atoms with Crippen LogP contribution >= 0.6 is 0 Å². The largest absolute Gasteiger partial charge is 0.487 e. The Labute approximate surface area is 109 Å². The first kappa shape index (κ1) is 10.9. The van der Waals surface area contributed by atoms with Crippen LogP contribution in [0, 0.1) is 11.8 Å². The summed E-state index contributed by atoms with van der Waals surface area (Å²) in [4.78, 5) is 0.